The second-order valence-electron chi connectivity index (χ2n) is 6.79. The van der Waals surface area contributed by atoms with E-state index in [-0.39, 0.29) is 29.4 Å². The van der Waals surface area contributed by atoms with Crippen LogP contribution in [0.4, 0.5) is 0 Å². The van der Waals surface area contributed by atoms with Crippen LogP contribution in [-0.4, -0.2) is 31.6 Å². The molecule has 5 heteroatoms. The summed E-state index contributed by atoms with van der Waals surface area (Å²) in [7, 11) is 0. The van der Waals surface area contributed by atoms with Gasteiger partial charge >= 0.3 is 0 Å². The predicted molar refractivity (Wildman–Crippen MR) is 90.5 cm³/mol. The van der Waals surface area contributed by atoms with Crippen LogP contribution in [0, 0.1) is 0 Å². The number of phenolic OH excluding ortho intramolecular Hbond substituents is 2. The largest absolute Gasteiger partial charge is 0.508 e. The lowest BCUT2D eigenvalue weighted by Crippen LogP contribution is -2.55. The summed E-state index contributed by atoms with van der Waals surface area (Å²) in [5, 5.41) is 30.6. The third-order valence-corrected chi connectivity index (χ3v) is 3.71. The number of halogens is 1. The summed E-state index contributed by atoms with van der Waals surface area (Å²) < 4.78 is 0. The van der Waals surface area contributed by atoms with Crippen molar-refractivity contribution in [1.82, 2.24) is 5.06 Å². The fourth-order valence-electron chi connectivity index (χ4n) is 2.94. The van der Waals surface area contributed by atoms with Crippen LogP contribution in [0.2, 0.25) is 0 Å². The van der Waals surface area contributed by atoms with E-state index < -0.39 is 5.54 Å². The molecule has 1 aromatic carbocycles. The van der Waals surface area contributed by atoms with Gasteiger partial charge in [0, 0.05) is 11.6 Å². The van der Waals surface area contributed by atoms with Crippen LogP contribution in [-0.2, 0) is 0 Å². The number of allylic oxidation sites excluding steroid dienone is 1. The fraction of sp³-hybridized carbons (Fsp3) is 0.412. The van der Waals surface area contributed by atoms with Crippen LogP contribution in [0.3, 0.4) is 0 Å². The normalized spacial score (nSPS) is 20.5. The molecule has 0 aliphatic carbocycles. The first kappa shape index (κ1) is 18.6. The highest BCUT2D eigenvalue weighted by Crippen LogP contribution is 2.36. The van der Waals surface area contributed by atoms with Crippen molar-refractivity contribution in [1.29, 1.82) is 0 Å². The van der Waals surface area contributed by atoms with E-state index in [4.69, 9.17) is 0 Å². The monoisotopic (exact) mass is 325 g/mol. The third kappa shape index (κ3) is 4.03. The minimum absolute atomic E-state index is 0. The molecule has 1 aliphatic heterocycles. The lowest BCUT2D eigenvalue weighted by atomic mass is 9.82. The molecule has 3 N–H and O–H groups in total. The van der Waals surface area contributed by atoms with Crippen molar-refractivity contribution in [3.05, 3.63) is 41.5 Å². The molecule has 0 fully saturated rings. The molecule has 0 amide bonds. The van der Waals surface area contributed by atoms with Gasteiger partial charge in [0.2, 0.25) is 0 Å². The lowest BCUT2D eigenvalue weighted by molar-refractivity contribution is -0.213. The van der Waals surface area contributed by atoms with Gasteiger partial charge in [0.15, 0.2) is 0 Å². The molecule has 1 aromatic rings. The molecule has 0 spiro atoms. The van der Waals surface area contributed by atoms with Crippen LogP contribution >= 0.6 is 12.4 Å². The second-order valence-corrected chi connectivity index (χ2v) is 6.79. The molecular weight excluding hydrogens is 302 g/mol. The minimum Gasteiger partial charge on any atom is -0.508 e. The summed E-state index contributed by atoms with van der Waals surface area (Å²) in [6.45, 7) is 7.91. The van der Waals surface area contributed by atoms with Crippen LogP contribution in [0.1, 0.15) is 39.7 Å². The molecule has 0 aromatic heterocycles. The van der Waals surface area contributed by atoms with Crippen LogP contribution in [0.5, 0.6) is 11.5 Å². The maximum atomic E-state index is 10.2. The van der Waals surface area contributed by atoms with Crippen molar-refractivity contribution in [3.63, 3.8) is 0 Å². The number of benzene rings is 1. The molecule has 0 atom stereocenters. The van der Waals surface area contributed by atoms with Gasteiger partial charge in [-0.3, -0.25) is 0 Å². The number of hydroxylamine groups is 2. The Kier molecular flexibility index (Phi) is 5.34. The van der Waals surface area contributed by atoms with Crippen LogP contribution < -0.4 is 0 Å². The summed E-state index contributed by atoms with van der Waals surface area (Å²) >= 11 is 0. The van der Waals surface area contributed by atoms with Gasteiger partial charge in [-0.15, -0.1) is 12.4 Å². The Morgan fingerprint density at radius 3 is 2.05 bits per heavy atom. The number of aromatic hydroxyl groups is 2. The van der Waals surface area contributed by atoms with E-state index in [2.05, 4.69) is 0 Å². The molecule has 122 valence electrons. The first-order chi connectivity index (χ1) is 9.60. The van der Waals surface area contributed by atoms with Crippen LogP contribution in [0.15, 0.2) is 35.9 Å². The average Bonchev–Trinajstić information content (AvgIpc) is 2.31. The Bertz CT molecular complexity index is 586. The van der Waals surface area contributed by atoms with Crippen molar-refractivity contribution in [2.45, 2.75) is 45.2 Å². The molecule has 1 aliphatic rings. The Labute approximate surface area is 137 Å². The Balaban J connectivity index is 0.00000242. The summed E-state index contributed by atoms with van der Waals surface area (Å²) in [5.74, 6) is 0.0731. The third-order valence-electron chi connectivity index (χ3n) is 3.71. The molecule has 0 saturated heterocycles. The Morgan fingerprint density at radius 1 is 1.00 bits per heavy atom. The van der Waals surface area contributed by atoms with Crippen molar-refractivity contribution in [2.24, 2.45) is 0 Å². The van der Waals surface area contributed by atoms with Crippen molar-refractivity contribution in [2.75, 3.05) is 0 Å². The second kappa shape index (κ2) is 6.32. The highest BCUT2D eigenvalue weighted by atomic mass is 35.5. The maximum Gasteiger partial charge on any atom is 0.119 e. The molecule has 0 unspecified atom stereocenters. The van der Waals surface area contributed by atoms with Crippen molar-refractivity contribution in [3.8, 4) is 11.5 Å². The number of hydrogen-bond acceptors (Lipinski definition) is 4. The van der Waals surface area contributed by atoms with Gasteiger partial charge in [-0.25, -0.2) is 0 Å². The fourth-order valence-corrected chi connectivity index (χ4v) is 2.94. The van der Waals surface area contributed by atoms with E-state index in [0.29, 0.717) is 6.42 Å². The zero-order valence-electron chi connectivity index (χ0n) is 13.4. The molecule has 1 heterocycles. The molecule has 0 radical (unpaired) electrons. The maximum absolute atomic E-state index is 10.2. The lowest BCUT2D eigenvalue weighted by Gasteiger charge is -2.46. The highest BCUT2D eigenvalue weighted by Gasteiger charge is 2.39. The zero-order valence-corrected chi connectivity index (χ0v) is 14.2. The van der Waals surface area contributed by atoms with Gasteiger partial charge in [0.05, 0.1) is 5.54 Å². The minimum atomic E-state index is -0.442. The Morgan fingerprint density at radius 2 is 1.55 bits per heavy atom. The number of phenols is 2. The number of rotatable bonds is 2. The molecule has 0 bridgehead atoms. The van der Waals surface area contributed by atoms with E-state index in [1.807, 2.05) is 45.9 Å². The summed E-state index contributed by atoms with van der Waals surface area (Å²) in [4.78, 5) is 0. The van der Waals surface area contributed by atoms with Gasteiger partial charge in [-0.2, -0.15) is 5.06 Å². The van der Waals surface area contributed by atoms with E-state index in [9.17, 15) is 15.4 Å². The molecule has 0 saturated carbocycles. The van der Waals surface area contributed by atoms with Gasteiger partial charge in [0.25, 0.3) is 0 Å². The van der Waals surface area contributed by atoms with E-state index in [1.165, 1.54) is 11.1 Å². The van der Waals surface area contributed by atoms with Gasteiger partial charge < -0.3 is 15.4 Å². The predicted octanol–water partition coefficient (Wildman–Crippen LogP) is 4.11. The molecule has 4 nitrogen and oxygen atoms in total. The first-order valence-corrected chi connectivity index (χ1v) is 7.02. The zero-order chi connectivity index (χ0) is 15.8. The summed E-state index contributed by atoms with van der Waals surface area (Å²) in [5.41, 5.74) is 1.05. The van der Waals surface area contributed by atoms with Crippen LogP contribution in [0.25, 0.3) is 6.08 Å². The average molecular weight is 326 g/mol. The van der Waals surface area contributed by atoms with Gasteiger partial charge in [0.1, 0.15) is 11.5 Å². The van der Waals surface area contributed by atoms with E-state index in [0.717, 1.165) is 11.1 Å². The van der Waals surface area contributed by atoms with Crippen molar-refractivity contribution >= 4 is 18.5 Å². The highest BCUT2D eigenvalue weighted by molar-refractivity contribution is 5.85. The summed E-state index contributed by atoms with van der Waals surface area (Å²) in [6, 6.07) is 4.48. The first-order valence-electron chi connectivity index (χ1n) is 7.02. The van der Waals surface area contributed by atoms with Gasteiger partial charge in [-0.05, 0) is 57.4 Å². The molecule has 2 rings (SSSR count). The molecular formula is C17H24ClNO3. The van der Waals surface area contributed by atoms with Gasteiger partial charge in [-0.1, -0.05) is 18.2 Å². The topological polar surface area (TPSA) is 63.9 Å². The van der Waals surface area contributed by atoms with E-state index in [1.54, 1.807) is 12.1 Å². The Hall–Kier alpha value is -1.49. The standard InChI is InChI=1S/C17H23NO3.ClH/c1-16(2)10-13(11-17(3,4)18(16)21)6-5-12-7-14(19)9-15(20)8-12;/h5-10,19-21H,11H2,1-4H3;1H/b6-5+;. The quantitative estimate of drug-likeness (QED) is 0.765. The smallest absolute Gasteiger partial charge is 0.119 e. The SMILES string of the molecule is CC1(C)C=C(/C=C/c2cc(O)cc(O)c2)CC(C)(C)N1O.Cl. The number of nitrogens with zero attached hydrogens (tertiary/aromatic N) is 1. The van der Waals surface area contributed by atoms with E-state index >= 15 is 0 Å². The number of hydrogen-bond donors (Lipinski definition) is 3. The van der Waals surface area contributed by atoms with Crippen molar-refractivity contribution < 1.29 is 15.4 Å². The molecule has 22 heavy (non-hydrogen) atoms. The summed E-state index contributed by atoms with van der Waals surface area (Å²) in [6.07, 6.45) is 6.56.